The Morgan fingerprint density at radius 1 is 1.36 bits per heavy atom. The summed E-state index contributed by atoms with van der Waals surface area (Å²) in [6.07, 6.45) is 6.66. The second-order valence-electron chi connectivity index (χ2n) is 3.47. The summed E-state index contributed by atoms with van der Waals surface area (Å²) in [5, 5.41) is 0. The van der Waals surface area contributed by atoms with Crippen LogP contribution in [0.3, 0.4) is 0 Å². The maximum Gasteiger partial charge on any atom is 0.00952 e. The molecule has 0 heterocycles. The third kappa shape index (κ3) is 2.48. The first kappa shape index (κ1) is 9.05. The van der Waals surface area contributed by atoms with E-state index >= 15 is 0 Å². The highest BCUT2D eigenvalue weighted by Crippen LogP contribution is 2.24. The summed E-state index contributed by atoms with van der Waals surface area (Å²) in [7, 11) is 0. The second-order valence-corrected chi connectivity index (χ2v) is 3.47. The van der Waals surface area contributed by atoms with E-state index in [0.29, 0.717) is 0 Å². The molecule has 0 atom stereocenters. The van der Waals surface area contributed by atoms with E-state index < -0.39 is 0 Å². The van der Waals surface area contributed by atoms with Crippen molar-refractivity contribution in [3.63, 3.8) is 0 Å². The minimum atomic E-state index is 0.914. The zero-order valence-corrected chi connectivity index (χ0v) is 7.68. The standard InChI is InChI=1S/C10H20N/c1-3-8-11(9-4-2)10-6-5-7-10/h10H,1,3-9H2,2H3. The largest absolute Gasteiger partial charge is 0.300 e. The molecule has 0 aromatic heterocycles. The Hall–Kier alpha value is -0.0400. The average Bonchev–Trinajstić information content (AvgIpc) is 1.85. The molecule has 0 saturated heterocycles. The van der Waals surface area contributed by atoms with Gasteiger partial charge in [0.05, 0.1) is 0 Å². The average molecular weight is 154 g/mol. The summed E-state index contributed by atoms with van der Waals surface area (Å²) in [6, 6.07) is 0.914. The lowest BCUT2D eigenvalue weighted by molar-refractivity contribution is 0.129. The van der Waals surface area contributed by atoms with Crippen LogP contribution in [0.5, 0.6) is 0 Å². The van der Waals surface area contributed by atoms with E-state index in [4.69, 9.17) is 0 Å². The van der Waals surface area contributed by atoms with Crippen LogP contribution in [0.1, 0.15) is 39.0 Å². The molecule has 11 heavy (non-hydrogen) atoms. The molecule has 1 saturated carbocycles. The van der Waals surface area contributed by atoms with E-state index in [1.165, 1.54) is 38.8 Å². The summed E-state index contributed by atoms with van der Waals surface area (Å²) in [4.78, 5) is 2.61. The zero-order valence-electron chi connectivity index (χ0n) is 7.68. The Morgan fingerprint density at radius 2 is 2.09 bits per heavy atom. The van der Waals surface area contributed by atoms with Crippen LogP contribution in [0.25, 0.3) is 0 Å². The van der Waals surface area contributed by atoms with Crippen LogP contribution in [-0.2, 0) is 0 Å². The third-order valence-electron chi connectivity index (χ3n) is 2.55. The van der Waals surface area contributed by atoms with Gasteiger partial charge in [-0.05, 0) is 38.8 Å². The lowest BCUT2D eigenvalue weighted by atomic mass is 9.91. The van der Waals surface area contributed by atoms with Gasteiger partial charge in [0.2, 0.25) is 0 Å². The van der Waals surface area contributed by atoms with Crippen molar-refractivity contribution in [1.82, 2.24) is 4.90 Å². The van der Waals surface area contributed by atoms with Crippen molar-refractivity contribution >= 4 is 0 Å². The Kier molecular flexibility index (Phi) is 3.92. The topological polar surface area (TPSA) is 3.24 Å². The van der Waals surface area contributed by atoms with Gasteiger partial charge in [0.25, 0.3) is 0 Å². The summed E-state index contributed by atoms with van der Waals surface area (Å²) in [5.41, 5.74) is 0. The first-order valence-electron chi connectivity index (χ1n) is 4.91. The first-order chi connectivity index (χ1) is 5.38. The van der Waals surface area contributed by atoms with Gasteiger partial charge >= 0.3 is 0 Å². The van der Waals surface area contributed by atoms with Crippen molar-refractivity contribution in [2.45, 2.75) is 45.1 Å². The van der Waals surface area contributed by atoms with Gasteiger partial charge in [-0.15, -0.1) is 0 Å². The lowest BCUT2D eigenvalue weighted by Crippen LogP contribution is -2.40. The van der Waals surface area contributed by atoms with Crippen molar-refractivity contribution in [3.8, 4) is 0 Å². The molecule has 1 rings (SSSR count). The molecule has 0 N–H and O–H groups in total. The molecule has 0 bridgehead atoms. The first-order valence-corrected chi connectivity index (χ1v) is 4.91. The molecule has 65 valence electrons. The highest BCUT2D eigenvalue weighted by Gasteiger charge is 2.22. The summed E-state index contributed by atoms with van der Waals surface area (Å²) < 4.78 is 0. The molecule has 0 spiro atoms. The van der Waals surface area contributed by atoms with Gasteiger partial charge in [-0.1, -0.05) is 20.3 Å². The molecule has 1 aliphatic carbocycles. The monoisotopic (exact) mass is 154 g/mol. The van der Waals surface area contributed by atoms with Gasteiger partial charge < -0.3 is 4.90 Å². The molecule has 1 nitrogen and oxygen atoms in total. The number of rotatable bonds is 5. The molecule has 0 unspecified atom stereocenters. The fourth-order valence-corrected chi connectivity index (χ4v) is 1.72. The van der Waals surface area contributed by atoms with Crippen LogP contribution in [0, 0.1) is 6.92 Å². The Morgan fingerprint density at radius 3 is 2.45 bits per heavy atom. The summed E-state index contributed by atoms with van der Waals surface area (Å²) in [6.45, 7) is 8.65. The lowest BCUT2D eigenvalue weighted by Gasteiger charge is -2.37. The van der Waals surface area contributed by atoms with Crippen molar-refractivity contribution in [2.24, 2.45) is 0 Å². The van der Waals surface area contributed by atoms with Crippen molar-refractivity contribution in [2.75, 3.05) is 13.1 Å². The Balaban J connectivity index is 2.19. The van der Waals surface area contributed by atoms with Crippen LogP contribution in [0.15, 0.2) is 0 Å². The van der Waals surface area contributed by atoms with Crippen LogP contribution in [0.2, 0.25) is 0 Å². The fraction of sp³-hybridized carbons (Fsp3) is 0.900. The molecule has 1 fully saturated rings. The summed E-state index contributed by atoms with van der Waals surface area (Å²) in [5.74, 6) is 0. The molecule has 1 aliphatic rings. The predicted molar refractivity (Wildman–Crippen MR) is 49.5 cm³/mol. The number of nitrogens with zero attached hydrogens (tertiary/aromatic N) is 1. The second kappa shape index (κ2) is 4.76. The zero-order chi connectivity index (χ0) is 8.10. The van der Waals surface area contributed by atoms with Crippen LogP contribution >= 0.6 is 0 Å². The fourth-order valence-electron chi connectivity index (χ4n) is 1.72. The maximum absolute atomic E-state index is 3.91. The predicted octanol–water partition coefficient (Wildman–Crippen LogP) is 2.48. The summed E-state index contributed by atoms with van der Waals surface area (Å²) >= 11 is 0. The van der Waals surface area contributed by atoms with Crippen molar-refractivity contribution in [1.29, 1.82) is 0 Å². The Bertz CT molecular complexity index is 91.0. The molecule has 0 aliphatic heterocycles. The third-order valence-corrected chi connectivity index (χ3v) is 2.55. The van der Waals surface area contributed by atoms with Gasteiger partial charge in [0.15, 0.2) is 0 Å². The molecule has 0 aromatic rings. The van der Waals surface area contributed by atoms with Crippen molar-refractivity contribution in [3.05, 3.63) is 6.92 Å². The van der Waals surface area contributed by atoms with E-state index in [9.17, 15) is 0 Å². The quantitative estimate of drug-likeness (QED) is 0.588. The highest BCUT2D eigenvalue weighted by atomic mass is 15.2. The minimum absolute atomic E-state index is 0.914. The van der Waals surface area contributed by atoms with Crippen LogP contribution in [-0.4, -0.2) is 24.0 Å². The molecule has 1 radical (unpaired) electrons. The number of hydrogen-bond acceptors (Lipinski definition) is 1. The molecular weight excluding hydrogens is 134 g/mol. The Labute approximate surface area is 70.8 Å². The van der Waals surface area contributed by atoms with E-state index in [-0.39, 0.29) is 0 Å². The van der Waals surface area contributed by atoms with Crippen molar-refractivity contribution < 1.29 is 0 Å². The minimum Gasteiger partial charge on any atom is -0.300 e. The smallest absolute Gasteiger partial charge is 0.00952 e. The van der Waals surface area contributed by atoms with E-state index in [0.717, 1.165) is 12.5 Å². The van der Waals surface area contributed by atoms with Gasteiger partial charge in [-0.25, -0.2) is 0 Å². The SMILES string of the molecule is [CH2]CCN(CCC)C1CCC1. The van der Waals surface area contributed by atoms with Gasteiger partial charge in [0.1, 0.15) is 0 Å². The van der Waals surface area contributed by atoms with E-state index in [2.05, 4.69) is 18.7 Å². The van der Waals surface area contributed by atoms with Crippen LogP contribution < -0.4 is 0 Å². The molecule has 1 heteroatoms. The molecule has 0 aromatic carbocycles. The van der Waals surface area contributed by atoms with Crippen LogP contribution in [0.4, 0.5) is 0 Å². The van der Waals surface area contributed by atoms with Gasteiger partial charge in [-0.3, -0.25) is 0 Å². The highest BCUT2D eigenvalue weighted by molar-refractivity contribution is 4.79. The number of hydrogen-bond donors (Lipinski definition) is 0. The van der Waals surface area contributed by atoms with E-state index in [1.807, 2.05) is 0 Å². The van der Waals surface area contributed by atoms with E-state index in [1.54, 1.807) is 0 Å². The maximum atomic E-state index is 3.91. The molecular formula is C10H20N. The normalized spacial score (nSPS) is 18.8. The van der Waals surface area contributed by atoms with Gasteiger partial charge in [-0.2, -0.15) is 0 Å². The molecule has 0 amide bonds. The van der Waals surface area contributed by atoms with Gasteiger partial charge in [0, 0.05) is 6.04 Å².